The standard InChI is InChI=1S/C18H14INO2S2/c1-11-5-3-4-6-14(11)20-17(21)16(24-18(20)23)10-12-7-8-15(22-2)13(19)9-12/h3-10H,1-2H3/b16-10-. The van der Waals surface area contributed by atoms with Gasteiger partial charge in [0.05, 0.1) is 21.3 Å². The van der Waals surface area contributed by atoms with Crippen molar-refractivity contribution in [2.24, 2.45) is 0 Å². The van der Waals surface area contributed by atoms with Gasteiger partial charge in [-0.2, -0.15) is 0 Å². The summed E-state index contributed by atoms with van der Waals surface area (Å²) in [5.41, 5.74) is 2.81. The summed E-state index contributed by atoms with van der Waals surface area (Å²) < 4.78 is 6.82. The molecule has 1 aliphatic heterocycles. The number of ether oxygens (including phenoxy) is 1. The predicted molar refractivity (Wildman–Crippen MR) is 113 cm³/mol. The molecular weight excluding hydrogens is 453 g/mol. The van der Waals surface area contributed by atoms with Gasteiger partial charge in [0.2, 0.25) is 0 Å². The van der Waals surface area contributed by atoms with E-state index >= 15 is 0 Å². The van der Waals surface area contributed by atoms with Gasteiger partial charge >= 0.3 is 0 Å². The van der Waals surface area contributed by atoms with Gasteiger partial charge in [0.1, 0.15) is 5.75 Å². The number of nitrogens with zero attached hydrogens (tertiary/aromatic N) is 1. The molecule has 0 saturated carbocycles. The second-order valence-electron chi connectivity index (χ2n) is 5.20. The van der Waals surface area contributed by atoms with Crippen molar-refractivity contribution in [2.75, 3.05) is 12.0 Å². The molecule has 2 aromatic carbocycles. The highest BCUT2D eigenvalue weighted by atomic mass is 127. The molecule has 2 aromatic rings. The van der Waals surface area contributed by atoms with Gasteiger partial charge in [0.25, 0.3) is 5.91 Å². The van der Waals surface area contributed by atoms with Gasteiger partial charge in [-0.3, -0.25) is 9.69 Å². The van der Waals surface area contributed by atoms with E-state index in [4.69, 9.17) is 17.0 Å². The Morgan fingerprint density at radius 1 is 1.25 bits per heavy atom. The highest BCUT2D eigenvalue weighted by Gasteiger charge is 2.33. The maximum absolute atomic E-state index is 12.8. The number of methoxy groups -OCH3 is 1. The summed E-state index contributed by atoms with van der Waals surface area (Å²) in [4.78, 5) is 15.0. The van der Waals surface area contributed by atoms with Crippen molar-refractivity contribution in [2.45, 2.75) is 6.92 Å². The Bertz CT molecular complexity index is 864. The zero-order valence-corrected chi connectivity index (χ0v) is 16.9. The minimum Gasteiger partial charge on any atom is -0.496 e. The molecule has 6 heteroatoms. The van der Waals surface area contributed by atoms with E-state index in [1.165, 1.54) is 11.8 Å². The number of aryl methyl sites for hydroxylation is 1. The van der Waals surface area contributed by atoms with E-state index in [0.717, 1.165) is 26.1 Å². The molecule has 3 nitrogen and oxygen atoms in total. The number of halogens is 1. The van der Waals surface area contributed by atoms with Crippen LogP contribution in [0.25, 0.3) is 6.08 Å². The minimum atomic E-state index is -0.0786. The van der Waals surface area contributed by atoms with Gasteiger partial charge in [0, 0.05) is 0 Å². The lowest BCUT2D eigenvalue weighted by Crippen LogP contribution is -2.28. The van der Waals surface area contributed by atoms with Crippen LogP contribution in [-0.4, -0.2) is 17.3 Å². The van der Waals surface area contributed by atoms with Crippen molar-refractivity contribution in [1.29, 1.82) is 0 Å². The first-order valence-corrected chi connectivity index (χ1v) is 9.48. The molecule has 0 unspecified atom stereocenters. The second kappa shape index (κ2) is 7.25. The van der Waals surface area contributed by atoms with Crippen LogP contribution in [0.5, 0.6) is 5.75 Å². The number of hydrogen-bond acceptors (Lipinski definition) is 4. The molecule has 1 saturated heterocycles. The van der Waals surface area contributed by atoms with Crippen molar-refractivity contribution >= 4 is 68.6 Å². The Hall–Kier alpha value is -1.38. The van der Waals surface area contributed by atoms with E-state index in [-0.39, 0.29) is 5.91 Å². The van der Waals surface area contributed by atoms with E-state index in [2.05, 4.69) is 22.6 Å². The maximum atomic E-state index is 12.8. The van der Waals surface area contributed by atoms with Gasteiger partial charge < -0.3 is 4.74 Å². The lowest BCUT2D eigenvalue weighted by atomic mass is 10.1. The number of hydrogen-bond donors (Lipinski definition) is 0. The van der Waals surface area contributed by atoms with E-state index in [0.29, 0.717) is 9.23 Å². The fraction of sp³-hybridized carbons (Fsp3) is 0.111. The summed E-state index contributed by atoms with van der Waals surface area (Å²) in [7, 11) is 1.64. The zero-order chi connectivity index (χ0) is 17.3. The average Bonchev–Trinajstić information content (AvgIpc) is 2.82. The third-order valence-corrected chi connectivity index (χ3v) is 5.77. The van der Waals surface area contributed by atoms with Crippen molar-refractivity contribution in [1.82, 2.24) is 0 Å². The van der Waals surface area contributed by atoms with Crippen LogP contribution in [0.15, 0.2) is 47.4 Å². The Labute approximate surface area is 164 Å². The highest BCUT2D eigenvalue weighted by molar-refractivity contribution is 14.1. The van der Waals surface area contributed by atoms with Crippen LogP contribution < -0.4 is 9.64 Å². The molecule has 3 rings (SSSR count). The van der Waals surface area contributed by atoms with Gasteiger partial charge in [-0.15, -0.1) is 0 Å². The summed E-state index contributed by atoms with van der Waals surface area (Å²) in [5.74, 6) is 0.741. The summed E-state index contributed by atoms with van der Waals surface area (Å²) in [6.45, 7) is 1.98. The lowest BCUT2D eigenvalue weighted by Gasteiger charge is -2.16. The third kappa shape index (κ3) is 3.36. The summed E-state index contributed by atoms with van der Waals surface area (Å²) >= 11 is 8.97. The van der Waals surface area contributed by atoms with Gasteiger partial charge in [-0.1, -0.05) is 48.2 Å². The first kappa shape index (κ1) is 17.4. The number of carbonyl (C=O) groups is 1. The molecule has 0 bridgehead atoms. The van der Waals surface area contributed by atoms with Crippen LogP contribution in [0.2, 0.25) is 0 Å². The predicted octanol–water partition coefficient (Wildman–Crippen LogP) is 5.01. The average molecular weight is 467 g/mol. The van der Waals surface area contributed by atoms with Crippen molar-refractivity contribution < 1.29 is 9.53 Å². The summed E-state index contributed by atoms with van der Waals surface area (Å²) in [6, 6.07) is 13.6. The van der Waals surface area contributed by atoms with Crippen molar-refractivity contribution in [3.63, 3.8) is 0 Å². The van der Waals surface area contributed by atoms with E-state index in [1.807, 2.05) is 55.5 Å². The molecule has 0 aromatic heterocycles. The molecular formula is C18H14INO2S2. The van der Waals surface area contributed by atoms with Crippen LogP contribution in [0.1, 0.15) is 11.1 Å². The Balaban J connectivity index is 1.94. The molecule has 0 radical (unpaired) electrons. The first-order valence-electron chi connectivity index (χ1n) is 7.18. The third-order valence-electron chi connectivity index (χ3n) is 3.62. The molecule has 1 fully saturated rings. The lowest BCUT2D eigenvalue weighted by molar-refractivity contribution is -0.113. The van der Waals surface area contributed by atoms with Crippen LogP contribution in [-0.2, 0) is 4.79 Å². The fourth-order valence-electron chi connectivity index (χ4n) is 2.41. The number of rotatable bonds is 3. The number of anilines is 1. The minimum absolute atomic E-state index is 0.0786. The number of para-hydroxylation sites is 1. The first-order chi connectivity index (χ1) is 11.5. The summed E-state index contributed by atoms with van der Waals surface area (Å²) in [5, 5.41) is 0. The number of carbonyl (C=O) groups excluding carboxylic acids is 1. The molecule has 1 aliphatic rings. The molecule has 24 heavy (non-hydrogen) atoms. The molecule has 0 N–H and O–H groups in total. The maximum Gasteiger partial charge on any atom is 0.270 e. The van der Waals surface area contributed by atoms with Gasteiger partial charge in [-0.25, -0.2) is 0 Å². The zero-order valence-electron chi connectivity index (χ0n) is 13.1. The van der Waals surface area contributed by atoms with E-state index in [9.17, 15) is 4.79 Å². The van der Waals surface area contributed by atoms with Crippen molar-refractivity contribution in [3.8, 4) is 5.75 Å². The van der Waals surface area contributed by atoms with Crippen molar-refractivity contribution in [3.05, 3.63) is 62.1 Å². The monoisotopic (exact) mass is 467 g/mol. The Morgan fingerprint density at radius 2 is 2.00 bits per heavy atom. The fourth-order valence-corrected chi connectivity index (χ4v) is 4.46. The highest BCUT2D eigenvalue weighted by Crippen LogP contribution is 2.37. The number of benzene rings is 2. The van der Waals surface area contributed by atoms with Crippen LogP contribution in [0.4, 0.5) is 5.69 Å². The van der Waals surface area contributed by atoms with Crippen LogP contribution in [0.3, 0.4) is 0 Å². The quantitative estimate of drug-likeness (QED) is 0.361. The number of thiocarbonyl (C=S) groups is 1. The number of amides is 1. The molecule has 1 amide bonds. The Morgan fingerprint density at radius 3 is 2.67 bits per heavy atom. The smallest absolute Gasteiger partial charge is 0.270 e. The van der Waals surface area contributed by atoms with E-state index < -0.39 is 0 Å². The van der Waals surface area contributed by atoms with Crippen LogP contribution in [0, 0.1) is 10.5 Å². The second-order valence-corrected chi connectivity index (χ2v) is 8.04. The van der Waals surface area contributed by atoms with Gasteiger partial charge in [-0.05, 0) is 64.9 Å². The molecule has 0 aliphatic carbocycles. The van der Waals surface area contributed by atoms with Gasteiger partial charge in [0.15, 0.2) is 4.32 Å². The number of thioether (sulfide) groups is 1. The van der Waals surface area contributed by atoms with Crippen LogP contribution >= 0.6 is 46.6 Å². The molecule has 0 spiro atoms. The normalized spacial score (nSPS) is 16.1. The topological polar surface area (TPSA) is 29.5 Å². The Kier molecular flexibility index (Phi) is 5.27. The SMILES string of the molecule is COc1ccc(/C=C2\SC(=S)N(c3ccccc3C)C2=O)cc1I. The largest absolute Gasteiger partial charge is 0.496 e. The molecule has 1 heterocycles. The molecule has 122 valence electrons. The van der Waals surface area contributed by atoms with E-state index in [1.54, 1.807) is 12.0 Å². The molecule has 0 atom stereocenters. The summed E-state index contributed by atoms with van der Waals surface area (Å²) in [6.07, 6.45) is 1.87.